The number of amides is 3. The number of ether oxygens (including phenoxy) is 2. The van der Waals surface area contributed by atoms with Crippen molar-refractivity contribution in [3.05, 3.63) is 59.7 Å². The van der Waals surface area contributed by atoms with Crippen LogP contribution in [0, 0.1) is 0 Å². The number of hydrazone groups is 1. The van der Waals surface area contributed by atoms with E-state index < -0.39 is 24.1 Å². The molecule has 1 atom stereocenters. The van der Waals surface area contributed by atoms with Crippen LogP contribution in [-0.4, -0.2) is 36.9 Å². The predicted octanol–water partition coefficient (Wildman–Crippen LogP) is 3.10. The van der Waals surface area contributed by atoms with E-state index in [1.807, 2.05) is 0 Å². The Kier molecular flexibility index (Phi) is 5.25. The maximum Gasteiger partial charge on any atom is 0.387 e. The molecule has 9 heteroatoms. The zero-order chi connectivity index (χ0) is 20.3. The molecule has 0 spiro atoms. The van der Waals surface area contributed by atoms with Gasteiger partial charge in [0.05, 0.1) is 13.3 Å². The second-order valence-electron chi connectivity index (χ2n) is 6.07. The van der Waals surface area contributed by atoms with E-state index in [9.17, 15) is 18.4 Å². The molecule has 0 aromatic heterocycles. The van der Waals surface area contributed by atoms with Gasteiger partial charge in [-0.2, -0.15) is 13.9 Å². The van der Waals surface area contributed by atoms with Gasteiger partial charge in [-0.05, 0) is 36.2 Å². The molecule has 2 aromatic carbocycles. The number of imide groups is 1. The number of alkyl halides is 2. The van der Waals surface area contributed by atoms with E-state index in [-0.39, 0.29) is 11.5 Å². The summed E-state index contributed by atoms with van der Waals surface area (Å²) in [6.45, 7) is -1.45. The molecular formula is C19H17F2N3O4. The number of nitrogens with zero attached hydrogens (tertiary/aromatic N) is 2. The van der Waals surface area contributed by atoms with Crippen molar-refractivity contribution in [2.24, 2.45) is 5.10 Å². The second-order valence-corrected chi connectivity index (χ2v) is 6.07. The monoisotopic (exact) mass is 389 g/mol. The average Bonchev–Trinajstić information content (AvgIpc) is 2.90. The lowest BCUT2D eigenvalue weighted by molar-refractivity contribution is -0.131. The molecule has 0 aliphatic carbocycles. The molecule has 1 aliphatic heterocycles. The quantitative estimate of drug-likeness (QED) is 0.608. The van der Waals surface area contributed by atoms with Gasteiger partial charge in [-0.3, -0.25) is 4.79 Å². The molecule has 1 N–H and O–H groups in total. The second kappa shape index (κ2) is 7.63. The highest BCUT2D eigenvalue weighted by atomic mass is 19.3. The normalized spacial score (nSPS) is 19.4. The van der Waals surface area contributed by atoms with Crippen LogP contribution < -0.4 is 14.8 Å². The van der Waals surface area contributed by atoms with Crippen LogP contribution in [0.5, 0.6) is 11.5 Å². The largest absolute Gasteiger partial charge is 0.493 e. The van der Waals surface area contributed by atoms with Crippen LogP contribution >= 0.6 is 0 Å². The first-order valence-corrected chi connectivity index (χ1v) is 8.24. The molecule has 3 rings (SSSR count). The van der Waals surface area contributed by atoms with Gasteiger partial charge in [-0.1, -0.05) is 30.3 Å². The van der Waals surface area contributed by atoms with E-state index in [0.717, 1.165) is 0 Å². The third kappa shape index (κ3) is 3.64. The molecule has 28 heavy (non-hydrogen) atoms. The molecular weight excluding hydrogens is 372 g/mol. The van der Waals surface area contributed by atoms with Gasteiger partial charge in [-0.25, -0.2) is 4.79 Å². The van der Waals surface area contributed by atoms with Gasteiger partial charge >= 0.3 is 12.6 Å². The molecule has 7 nitrogen and oxygen atoms in total. The van der Waals surface area contributed by atoms with Crippen molar-refractivity contribution in [2.45, 2.75) is 19.1 Å². The first-order valence-electron chi connectivity index (χ1n) is 8.24. The van der Waals surface area contributed by atoms with Gasteiger partial charge in [0, 0.05) is 0 Å². The smallest absolute Gasteiger partial charge is 0.387 e. The number of rotatable bonds is 6. The lowest BCUT2D eigenvalue weighted by Crippen LogP contribution is -2.40. The maximum absolute atomic E-state index is 12.8. The van der Waals surface area contributed by atoms with Crippen molar-refractivity contribution in [1.29, 1.82) is 0 Å². The number of hydrogen-bond donors (Lipinski definition) is 1. The number of carbonyl (C=O) groups is 2. The number of methoxy groups -OCH3 is 1. The summed E-state index contributed by atoms with van der Waals surface area (Å²) in [5.74, 6) is -0.630. The Hall–Kier alpha value is -3.49. The van der Waals surface area contributed by atoms with E-state index in [4.69, 9.17) is 4.74 Å². The van der Waals surface area contributed by atoms with Crippen LogP contribution in [0.4, 0.5) is 13.6 Å². The SMILES string of the molecule is COc1ccc(/C=N\N2C(=O)N[C@](C)(c3ccccc3)C2=O)cc1OC(F)F. The number of benzene rings is 2. The Morgan fingerprint density at radius 1 is 1.14 bits per heavy atom. The van der Waals surface area contributed by atoms with Crippen LogP contribution in [0.1, 0.15) is 18.1 Å². The number of nitrogens with one attached hydrogen (secondary N) is 1. The summed E-state index contributed by atoms with van der Waals surface area (Å²) in [5.41, 5.74) is -0.298. The van der Waals surface area contributed by atoms with Crippen LogP contribution in [-0.2, 0) is 10.3 Å². The topological polar surface area (TPSA) is 80.2 Å². The number of urea groups is 1. The summed E-state index contributed by atoms with van der Waals surface area (Å²) >= 11 is 0. The molecule has 2 aromatic rings. The zero-order valence-electron chi connectivity index (χ0n) is 15.1. The summed E-state index contributed by atoms with van der Waals surface area (Å²) in [6.07, 6.45) is 1.20. The van der Waals surface area contributed by atoms with Crippen LogP contribution in [0.3, 0.4) is 0 Å². The molecule has 1 heterocycles. The summed E-state index contributed by atoms with van der Waals surface area (Å²) in [4.78, 5) is 25.0. The number of halogens is 2. The van der Waals surface area contributed by atoms with Crippen molar-refractivity contribution >= 4 is 18.2 Å². The number of hydrogen-bond acceptors (Lipinski definition) is 5. The fraction of sp³-hybridized carbons (Fsp3) is 0.211. The van der Waals surface area contributed by atoms with Crippen LogP contribution in [0.2, 0.25) is 0 Å². The van der Waals surface area contributed by atoms with E-state index in [1.165, 1.54) is 31.5 Å². The van der Waals surface area contributed by atoms with Crippen molar-refractivity contribution in [3.8, 4) is 11.5 Å². The first-order chi connectivity index (χ1) is 13.3. The Labute approximate surface area is 159 Å². The first kappa shape index (κ1) is 19.3. The van der Waals surface area contributed by atoms with Gasteiger partial charge < -0.3 is 14.8 Å². The Bertz CT molecular complexity index is 921. The van der Waals surface area contributed by atoms with Crippen LogP contribution in [0.15, 0.2) is 53.6 Å². The average molecular weight is 389 g/mol. The predicted molar refractivity (Wildman–Crippen MR) is 96.4 cm³/mol. The molecule has 1 saturated heterocycles. The third-order valence-corrected chi connectivity index (χ3v) is 4.25. The fourth-order valence-corrected chi connectivity index (χ4v) is 2.78. The van der Waals surface area contributed by atoms with Gasteiger partial charge in [0.1, 0.15) is 5.54 Å². The molecule has 1 aliphatic rings. The maximum atomic E-state index is 12.8. The van der Waals surface area contributed by atoms with Gasteiger partial charge in [-0.15, -0.1) is 5.01 Å². The van der Waals surface area contributed by atoms with Crippen molar-refractivity contribution in [2.75, 3.05) is 7.11 Å². The number of carbonyl (C=O) groups excluding carboxylic acids is 2. The Morgan fingerprint density at radius 2 is 1.86 bits per heavy atom. The van der Waals surface area contributed by atoms with E-state index in [0.29, 0.717) is 16.1 Å². The minimum absolute atomic E-state index is 0.115. The van der Waals surface area contributed by atoms with E-state index >= 15 is 0 Å². The highest BCUT2D eigenvalue weighted by molar-refractivity contribution is 6.07. The molecule has 0 bridgehead atoms. The highest BCUT2D eigenvalue weighted by Crippen LogP contribution is 2.30. The summed E-state index contributed by atoms with van der Waals surface area (Å²) in [7, 11) is 1.32. The standard InChI is InChI=1S/C19H17F2N3O4/c1-19(13-6-4-3-5-7-13)16(25)24(18(26)23-19)22-11-12-8-9-14(27-2)15(10-12)28-17(20)21/h3-11,17H,1-2H3,(H,23,26)/b22-11-/t19-/m1/s1. The van der Waals surface area contributed by atoms with Gasteiger partial charge in [0.15, 0.2) is 11.5 Å². The molecule has 0 radical (unpaired) electrons. The third-order valence-electron chi connectivity index (χ3n) is 4.25. The molecule has 3 amide bonds. The lowest BCUT2D eigenvalue weighted by Gasteiger charge is -2.20. The minimum atomic E-state index is -3.03. The van der Waals surface area contributed by atoms with Gasteiger partial charge in [0.25, 0.3) is 5.91 Å². The minimum Gasteiger partial charge on any atom is -0.493 e. The van der Waals surface area contributed by atoms with Crippen molar-refractivity contribution in [3.63, 3.8) is 0 Å². The Morgan fingerprint density at radius 3 is 2.50 bits per heavy atom. The lowest BCUT2D eigenvalue weighted by atomic mass is 9.92. The fourth-order valence-electron chi connectivity index (χ4n) is 2.78. The van der Waals surface area contributed by atoms with Crippen LogP contribution in [0.25, 0.3) is 0 Å². The molecule has 1 fully saturated rings. The van der Waals surface area contributed by atoms with E-state index in [2.05, 4.69) is 15.2 Å². The van der Waals surface area contributed by atoms with Gasteiger partial charge in [0.2, 0.25) is 0 Å². The summed E-state index contributed by atoms with van der Waals surface area (Å²) < 4.78 is 34.4. The molecule has 0 unspecified atom stereocenters. The summed E-state index contributed by atoms with van der Waals surface area (Å²) in [5, 5.41) is 7.23. The Balaban J connectivity index is 1.84. The highest BCUT2D eigenvalue weighted by Gasteiger charge is 2.49. The van der Waals surface area contributed by atoms with Crippen molar-refractivity contribution in [1.82, 2.24) is 10.3 Å². The zero-order valence-corrected chi connectivity index (χ0v) is 15.1. The van der Waals surface area contributed by atoms with Crippen molar-refractivity contribution < 1.29 is 27.8 Å². The molecule has 0 saturated carbocycles. The molecule has 146 valence electrons. The van der Waals surface area contributed by atoms with E-state index in [1.54, 1.807) is 37.3 Å². The summed E-state index contributed by atoms with van der Waals surface area (Å²) in [6, 6.07) is 12.3.